The Balaban J connectivity index is 0.000000561. The average Bonchev–Trinajstić information content (AvgIpc) is 2.51. The summed E-state index contributed by atoms with van der Waals surface area (Å²) in [7, 11) is 2.79. The quantitative estimate of drug-likeness (QED) is 0.592. The van der Waals surface area contributed by atoms with E-state index in [2.05, 4.69) is 34.8 Å². The Labute approximate surface area is 74.3 Å². The van der Waals surface area contributed by atoms with Gasteiger partial charge in [-0.05, 0) is 6.42 Å². The van der Waals surface area contributed by atoms with E-state index in [1.165, 1.54) is 12.8 Å². The summed E-state index contributed by atoms with van der Waals surface area (Å²) in [5, 5.41) is 8.25. The maximum atomic E-state index is 8.25. The molecule has 0 radical (unpaired) electrons. The van der Waals surface area contributed by atoms with Crippen molar-refractivity contribution in [2.24, 2.45) is 7.05 Å². The molecule has 0 bridgehead atoms. The number of unbranched alkanes of at least 4 members (excludes halogenated alkanes) is 1. The van der Waals surface area contributed by atoms with E-state index >= 15 is 0 Å². The molecule has 0 aromatic carbocycles. The lowest BCUT2D eigenvalue weighted by Gasteiger charge is -1.90. The van der Waals surface area contributed by atoms with E-state index in [4.69, 9.17) is 5.11 Å². The van der Waals surface area contributed by atoms with Crippen LogP contribution in [0.25, 0.3) is 0 Å². The molecule has 3 nitrogen and oxygen atoms in total. The molecule has 0 aliphatic carbocycles. The van der Waals surface area contributed by atoms with Crippen LogP contribution < -0.4 is 9.67 Å². The van der Waals surface area contributed by atoms with E-state index in [0.717, 1.165) is 13.7 Å². The van der Waals surface area contributed by atoms with Crippen LogP contribution in [0.3, 0.4) is 0 Å². The summed E-state index contributed by atoms with van der Waals surface area (Å²) in [6.07, 6.45) is 8.82. The molecule has 70 valence electrons. The highest BCUT2D eigenvalue weighted by Gasteiger charge is 1.96. The first-order chi connectivity index (χ1) is 5.83. The van der Waals surface area contributed by atoms with E-state index < -0.39 is 0 Å². The van der Waals surface area contributed by atoms with Crippen molar-refractivity contribution in [3.8, 4) is 0 Å². The molecular weight excluding hydrogens is 152 g/mol. The van der Waals surface area contributed by atoms with Gasteiger partial charge in [-0.1, -0.05) is 13.3 Å². The van der Waals surface area contributed by atoms with E-state index in [9.17, 15) is 0 Å². The van der Waals surface area contributed by atoms with Crippen LogP contribution in [0, 0.1) is 0 Å². The van der Waals surface area contributed by atoms with E-state index in [-0.39, 0.29) is 0 Å². The first kappa shape index (κ1) is 11.2. The largest absolute Gasteiger partial charge is 0.857 e. The van der Waals surface area contributed by atoms with Gasteiger partial charge in [0.15, 0.2) is 0 Å². The van der Waals surface area contributed by atoms with Crippen molar-refractivity contribution < 1.29 is 9.67 Å². The minimum absolute atomic E-state index is 0.750. The standard InChI is InChI=1S/C8H15N2.CH3O/c1-3-4-5-10-7-6-9(2)8-10;1-2/h6-8H,3-5H2,1-2H3;1H3/q+1;-1. The molecule has 3 heteroatoms. The average molecular weight is 170 g/mol. The number of aromatic nitrogens is 2. The van der Waals surface area contributed by atoms with Crippen LogP contribution >= 0.6 is 0 Å². The smallest absolute Gasteiger partial charge is 0.243 e. The molecule has 0 spiro atoms. The van der Waals surface area contributed by atoms with Crippen molar-refractivity contribution in [1.82, 2.24) is 4.57 Å². The molecule has 0 aliphatic heterocycles. The van der Waals surface area contributed by atoms with Gasteiger partial charge >= 0.3 is 0 Å². The number of imidazole rings is 1. The van der Waals surface area contributed by atoms with Gasteiger partial charge in [0, 0.05) is 0 Å². The molecule has 0 atom stereocenters. The molecule has 0 N–H and O–H groups in total. The van der Waals surface area contributed by atoms with Gasteiger partial charge in [-0.3, -0.25) is 0 Å². The number of aryl methyl sites for hydroxylation is 2. The summed E-state index contributed by atoms with van der Waals surface area (Å²) in [5.41, 5.74) is 0. The zero-order chi connectivity index (χ0) is 9.40. The third-order valence-electron chi connectivity index (χ3n) is 1.59. The fourth-order valence-electron chi connectivity index (χ4n) is 0.975. The minimum Gasteiger partial charge on any atom is -0.857 e. The van der Waals surface area contributed by atoms with Gasteiger partial charge < -0.3 is 5.11 Å². The second-order valence-electron chi connectivity index (χ2n) is 2.67. The summed E-state index contributed by atoms with van der Waals surface area (Å²) in [4.78, 5) is 0. The molecule has 0 unspecified atom stereocenters. The van der Waals surface area contributed by atoms with Crippen LogP contribution in [0.2, 0.25) is 0 Å². The molecule has 1 rings (SSSR count). The predicted octanol–water partition coefficient (Wildman–Crippen LogP) is 0.0892. The monoisotopic (exact) mass is 170 g/mol. The second-order valence-corrected chi connectivity index (χ2v) is 2.67. The van der Waals surface area contributed by atoms with Crippen molar-refractivity contribution in [2.75, 3.05) is 7.11 Å². The Morgan fingerprint density at radius 1 is 1.42 bits per heavy atom. The van der Waals surface area contributed by atoms with Crippen LogP contribution in [0.4, 0.5) is 0 Å². The normalized spacial score (nSPS) is 9.00. The Kier molecular flexibility index (Phi) is 6.38. The first-order valence-electron chi connectivity index (χ1n) is 4.24. The van der Waals surface area contributed by atoms with Crippen molar-refractivity contribution in [3.63, 3.8) is 0 Å². The predicted molar refractivity (Wildman–Crippen MR) is 46.4 cm³/mol. The fourth-order valence-corrected chi connectivity index (χ4v) is 0.975. The van der Waals surface area contributed by atoms with Gasteiger partial charge in [-0.25, -0.2) is 9.13 Å². The number of rotatable bonds is 3. The van der Waals surface area contributed by atoms with Gasteiger partial charge in [0.05, 0.1) is 13.6 Å². The van der Waals surface area contributed by atoms with Crippen LogP contribution in [0.15, 0.2) is 18.7 Å². The molecular formula is C9H18N2O. The highest BCUT2D eigenvalue weighted by Crippen LogP contribution is 1.91. The molecule has 1 aromatic heterocycles. The topological polar surface area (TPSA) is 31.9 Å². The van der Waals surface area contributed by atoms with Gasteiger partial charge in [0.25, 0.3) is 0 Å². The first-order valence-corrected chi connectivity index (χ1v) is 4.24. The van der Waals surface area contributed by atoms with E-state index in [0.29, 0.717) is 0 Å². The van der Waals surface area contributed by atoms with Gasteiger partial charge in [0.2, 0.25) is 6.33 Å². The van der Waals surface area contributed by atoms with Gasteiger partial charge in [-0.2, -0.15) is 7.11 Å². The third-order valence-corrected chi connectivity index (χ3v) is 1.59. The van der Waals surface area contributed by atoms with Crippen LogP contribution in [0.5, 0.6) is 0 Å². The van der Waals surface area contributed by atoms with Crippen LogP contribution in [0.1, 0.15) is 19.8 Å². The Hall–Kier alpha value is -0.830. The molecule has 1 aromatic rings. The zero-order valence-electron chi connectivity index (χ0n) is 8.16. The number of nitrogens with zero attached hydrogens (tertiary/aromatic N) is 2. The Morgan fingerprint density at radius 3 is 2.50 bits per heavy atom. The lowest BCUT2D eigenvalue weighted by Crippen LogP contribution is -2.23. The van der Waals surface area contributed by atoms with Crippen LogP contribution in [-0.2, 0) is 13.6 Å². The maximum Gasteiger partial charge on any atom is 0.243 e. The summed E-state index contributed by atoms with van der Waals surface area (Å²) in [5.74, 6) is 0. The summed E-state index contributed by atoms with van der Waals surface area (Å²) in [6, 6.07) is 0. The lowest BCUT2D eigenvalue weighted by molar-refractivity contribution is -0.671. The highest BCUT2D eigenvalue weighted by atomic mass is 16.2. The van der Waals surface area contributed by atoms with Gasteiger partial charge in [-0.15, -0.1) is 0 Å². The van der Waals surface area contributed by atoms with Crippen molar-refractivity contribution in [2.45, 2.75) is 26.3 Å². The minimum atomic E-state index is 0.750. The summed E-state index contributed by atoms with van der Waals surface area (Å²) >= 11 is 0. The summed E-state index contributed by atoms with van der Waals surface area (Å²) < 4.78 is 4.28. The SMILES string of the molecule is CCCCn1cc[n+](C)c1.C[O-]. The maximum absolute atomic E-state index is 8.25. The Bertz CT molecular complexity index is 196. The Morgan fingerprint density at radius 2 is 2.08 bits per heavy atom. The molecule has 0 saturated heterocycles. The van der Waals surface area contributed by atoms with Gasteiger partial charge in [0.1, 0.15) is 12.4 Å². The molecule has 0 fully saturated rings. The fraction of sp³-hybridized carbons (Fsp3) is 0.667. The summed E-state index contributed by atoms with van der Waals surface area (Å²) in [6.45, 7) is 3.36. The van der Waals surface area contributed by atoms with E-state index in [1.807, 2.05) is 7.05 Å². The molecule has 12 heavy (non-hydrogen) atoms. The van der Waals surface area contributed by atoms with Crippen molar-refractivity contribution in [3.05, 3.63) is 18.7 Å². The zero-order valence-corrected chi connectivity index (χ0v) is 8.16. The van der Waals surface area contributed by atoms with E-state index in [1.54, 1.807) is 0 Å². The number of hydrogen-bond donors (Lipinski definition) is 0. The lowest BCUT2D eigenvalue weighted by atomic mass is 10.3. The molecule has 0 aliphatic rings. The third kappa shape index (κ3) is 4.13. The van der Waals surface area contributed by atoms with Crippen LogP contribution in [-0.4, -0.2) is 11.7 Å². The highest BCUT2D eigenvalue weighted by molar-refractivity contribution is 4.65. The molecule has 0 amide bonds. The second kappa shape index (κ2) is 6.85. The molecule has 1 heterocycles. The number of hydrogen-bond acceptors (Lipinski definition) is 1. The molecule has 0 saturated carbocycles. The van der Waals surface area contributed by atoms with Crippen molar-refractivity contribution >= 4 is 0 Å². The van der Waals surface area contributed by atoms with Crippen molar-refractivity contribution in [1.29, 1.82) is 0 Å².